The molecule has 1 N–H and O–H groups in total. The third kappa shape index (κ3) is 3.65. The minimum atomic E-state index is -0.527. The van der Waals surface area contributed by atoms with Crippen molar-refractivity contribution in [2.45, 2.75) is 32.2 Å². The van der Waals surface area contributed by atoms with Crippen molar-refractivity contribution in [3.63, 3.8) is 0 Å². The number of urea groups is 1. The van der Waals surface area contributed by atoms with E-state index in [1.165, 1.54) is 24.3 Å². The summed E-state index contributed by atoms with van der Waals surface area (Å²) in [5, 5.41) is 2.57. The predicted octanol–water partition coefficient (Wildman–Crippen LogP) is 1.66. The molecule has 0 radical (unpaired) electrons. The minimum Gasteiger partial charge on any atom is -0.326 e. The van der Waals surface area contributed by atoms with Gasteiger partial charge in [0.05, 0.1) is 6.54 Å². The maximum absolute atomic E-state index is 12.8. The Morgan fingerprint density at radius 3 is 2.57 bits per heavy atom. The van der Waals surface area contributed by atoms with Gasteiger partial charge in [0.25, 0.3) is 5.91 Å². The smallest absolute Gasteiger partial charge is 0.325 e. The predicted molar refractivity (Wildman–Crippen MR) is 74.1 cm³/mol. The molecule has 0 aromatic heterocycles. The summed E-state index contributed by atoms with van der Waals surface area (Å²) >= 11 is 0. The first-order valence-electron chi connectivity index (χ1n) is 6.89. The number of benzene rings is 1. The monoisotopic (exact) mass is 292 g/mol. The number of carbonyl (C=O) groups excluding carboxylic acids is 3. The highest BCUT2D eigenvalue weighted by atomic mass is 19.1. The number of amides is 3. The van der Waals surface area contributed by atoms with Crippen molar-refractivity contribution in [2.75, 3.05) is 6.54 Å². The molecule has 0 saturated carbocycles. The standard InChI is InChI=1S/C15H17FN2O3/c1-2-3-13-14(20)18(15(21)17-13)9-12(19)8-10-4-6-11(16)7-5-10/h4-7,13H,2-3,8-9H2,1H3,(H,17,21). The van der Waals surface area contributed by atoms with E-state index in [0.717, 1.165) is 11.3 Å². The van der Waals surface area contributed by atoms with Gasteiger partial charge in [-0.3, -0.25) is 14.5 Å². The van der Waals surface area contributed by atoms with E-state index in [9.17, 15) is 18.8 Å². The molecule has 21 heavy (non-hydrogen) atoms. The molecule has 1 atom stereocenters. The molecule has 1 fully saturated rings. The summed E-state index contributed by atoms with van der Waals surface area (Å²) in [7, 11) is 0. The van der Waals surface area contributed by atoms with Crippen LogP contribution in [0.2, 0.25) is 0 Å². The Morgan fingerprint density at radius 1 is 1.29 bits per heavy atom. The number of rotatable bonds is 6. The Labute approximate surface area is 122 Å². The first-order chi connectivity index (χ1) is 10.0. The van der Waals surface area contributed by atoms with Gasteiger partial charge in [0.2, 0.25) is 0 Å². The number of ketones is 1. The fourth-order valence-electron chi connectivity index (χ4n) is 2.27. The fraction of sp³-hybridized carbons (Fsp3) is 0.400. The Hall–Kier alpha value is -2.24. The summed E-state index contributed by atoms with van der Waals surface area (Å²) in [6.07, 6.45) is 1.40. The number of carbonyl (C=O) groups is 3. The molecule has 2 rings (SSSR count). The van der Waals surface area contributed by atoms with E-state index in [0.29, 0.717) is 12.0 Å². The van der Waals surface area contributed by atoms with Gasteiger partial charge in [-0.25, -0.2) is 9.18 Å². The van der Waals surface area contributed by atoms with Crippen LogP contribution in [0.3, 0.4) is 0 Å². The summed E-state index contributed by atoms with van der Waals surface area (Å²) in [6, 6.07) is 4.52. The molecule has 1 saturated heterocycles. The van der Waals surface area contributed by atoms with Crippen molar-refractivity contribution in [2.24, 2.45) is 0 Å². The van der Waals surface area contributed by atoms with Crippen LogP contribution in [0.1, 0.15) is 25.3 Å². The number of Topliss-reactive ketones (excluding diaryl/α,β-unsaturated/α-hetero) is 1. The molecular weight excluding hydrogens is 275 g/mol. The first kappa shape index (κ1) is 15.2. The molecule has 1 unspecified atom stereocenters. The van der Waals surface area contributed by atoms with Gasteiger partial charge >= 0.3 is 6.03 Å². The molecule has 1 aliphatic rings. The summed E-state index contributed by atoms with van der Waals surface area (Å²) in [4.78, 5) is 36.6. The quantitative estimate of drug-likeness (QED) is 0.811. The average molecular weight is 292 g/mol. The van der Waals surface area contributed by atoms with E-state index >= 15 is 0 Å². The second-order valence-electron chi connectivity index (χ2n) is 5.06. The number of hydrogen-bond donors (Lipinski definition) is 1. The summed E-state index contributed by atoms with van der Waals surface area (Å²) in [6.45, 7) is 1.67. The molecule has 112 valence electrons. The van der Waals surface area contributed by atoms with E-state index in [1.807, 2.05) is 6.92 Å². The molecule has 3 amide bonds. The lowest BCUT2D eigenvalue weighted by Gasteiger charge is -2.12. The fourth-order valence-corrected chi connectivity index (χ4v) is 2.27. The summed E-state index contributed by atoms with van der Waals surface area (Å²) in [5.41, 5.74) is 0.651. The van der Waals surface area contributed by atoms with Crippen molar-refractivity contribution < 1.29 is 18.8 Å². The third-order valence-corrected chi connectivity index (χ3v) is 3.33. The van der Waals surface area contributed by atoms with Crippen LogP contribution in [0.5, 0.6) is 0 Å². The molecule has 1 aromatic carbocycles. The lowest BCUT2D eigenvalue weighted by Crippen LogP contribution is -2.36. The number of nitrogens with zero attached hydrogens (tertiary/aromatic N) is 1. The Bertz CT molecular complexity index is 557. The zero-order valence-electron chi connectivity index (χ0n) is 11.8. The van der Waals surface area contributed by atoms with Crippen molar-refractivity contribution in [3.8, 4) is 0 Å². The Kier molecular flexibility index (Phi) is 4.67. The number of imide groups is 1. The van der Waals surface area contributed by atoms with Crippen LogP contribution in [-0.4, -0.2) is 35.2 Å². The average Bonchev–Trinajstić information content (AvgIpc) is 2.70. The zero-order chi connectivity index (χ0) is 15.4. The second-order valence-corrected chi connectivity index (χ2v) is 5.06. The number of halogens is 1. The summed E-state index contributed by atoms with van der Waals surface area (Å²) in [5.74, 6) is -0.987. The van der Waals surface area contributed by atoms with Gasteiger partial charge in [0, 0.05) is 6.42 Å². The van der Waals surface area contributed by atoms with E-state index in [-0.39, 0.29) is 30.5 Å². The van der Waals surface area contributed by atoms with Gasteiger partial charge < -0.3 is 5.32 Å². The van der Waals surface area contributed by atoms with E-state index in [1.54, 1.807) is 0 Å². The first-order valence-corrected chi connectivity index (χ1v) is 6.89. The van der Waals surface area contributed by atoms with E-state index in [2.05, 4.69) is 5.32 Å². The molecule has 6 heteroatoms. The van der Waals surface area contributed by atoms with Crippen molar-refractivity contribution in [3.05, 3.63) is 35.6 Å². The number of hydrogen-bond acceptors (Lipinski definition) is 3. The molecule has 0 bridgehead atoms. The van der Waals surface area contributed by atoms with Crippen molar-refractivity contribution in [1.29, 1.82) is 0 Å². The molecule has 1 heterocycles. The minimum absolute atomic E-state index is 0.0653. The van der Waals surface area contributed by atoms with Crippen LogP contribution >= 0.6 is 0 Å². The van der Waals surface area contributed by atoms with Crippen LogP contribution in [-0.2, 0) is 16.0 Å². The van der Waals surface area contributed by atoms with Crippen LogP contribution in [0.25, 0.3) is 0 Å². The van der Waals surface area contributed by atoms with Crippen LogP contribution < -0.4 is 5.32 Å². The lowest BCUT2D eigenvalue weighted by molar-refractivity contribution is -0.131. The molecule has 1 aromatic rings. The van der Waals surface area contributed by atoms with Gasteiger partial charge in [-0.15, -0.1) is 0 Å². The second kappa shape index (κ2) is 6.47. The van der Waals surface area contributed by atoms with Gasteiger partial charge in [-0.2, -0.15) is 0 Å². The molecule has 1 aliphatic heterocycles. The third-order valence-electron chi connectivity index (χ3n) is 3.33. The molecular formula is C15H17FN2O3. The lowest BCUT2D eigenvalue weighted by atomic mass is 10.1. The molecule has 0 aliphatic carbocycles. The van der Waals surface area contributed by atoms with E-state index < -0.39 is 12.1 Å². The van der Waals surface area contributed by atoms with Crippen LogP contribution in [0.4, 0.5) is 9.18 Å². The largest absolute Gasteiger partial charge is 0.326 e. The molecule has 5 nitrogen and oxygen atoms in total. The van der Waals surface area contributed by atoms with Crippen molar-refractivity contribution in [1.82, 2.24) is 10.2 Å². The molecule has 0 spiro atoms. The van der Waals surface area contributed by atoms with Gasteiger partial charge in [-0.05, 0) is 24.1 Å². The van der Waals surface area contributed by atoms with Gasteiger partial charge in [0.15, 0.2) is 5.78 Å². The zero-order valence-corrected chi connectivity index (χ0v) is 11.8. The van der Waals surface area contributed by atoms with Crippen molar-refractivity contribution >= 4 is 17.7 Å². The SMILES string of the molecule is CCCC1NC(=O)N(CC(=O)Cc2ccc(F)cc2)C1=O. The Morgan fingerprint density at radius 2 is 1.95 bits per heavy atom. The van der Waals surface area contributed by atoms with Crippen LogP contribution in [0, 0.1) is 5.82 Å². The maximum Gasteiger partial charge on any atom is 0.325 e. The van der Waals surface area contributed by atoms with Gasteiger partial charge in [0.1, 0.15) is 11.9 Å². The normalized spacial score (nSPS) is 18.0. The highest BCUT2D eigenvalue weighted by molar-refractivity contribution is 6.06. The number of nitrogens with one attached hydrogen (secondary N) is 1. The summed E-state index contributed by atoms with van der Waals surface area (Å²) < 4.78 is 12.8. The highest BCUT2D eigenvalue weighted by Gasteiger charge is 2.37. The maximum atomic E-state index is 12.8. The Balaban J connectivity index is 1.94. The van der Waals surface area contributed by atoms with E-state index in [4.69, 9.17) is 0 Å². The topological polar surface area (TPSA) is 66.5 Å². The van der Waals surface area contributed by atoms with Gasteiger partial charge in [-0.1, -0.05) is 25.5 Å². The van der Waals surface area contributed by atoms with Crippen LogP contribution in [0.15, 0.2) is 24.3 Å². The highest BCUT2D eigenvalue weighted by Crippen LogP contribution is 2.12.